The molecule has 2 aliphatic rings. The Morgan fingerprint density at radius 3 is 2.81 bits per heavy atom. The average molecular weight is 223 g/mol. The summed E-state index contributed by atoms with van der Waals surface area (Å²) in [5, 5.41) is 3.61. The van der Waals surface area contributed by atoms with Crippen molar-refractivity contribution in [1.29, 1.82) is 0 Å². The molecule has 0 spiro atoms. The van der Waals surface area contributed by atoms with Gasteiger partial charge in [0.1, 0.15) is 0 Å². The fraction of sp³-hybridized carbons (Fsp3) is 0.857. The van der Waals surface area contributed by atoms with Gasteiger partial charge in [-0.1, -0.05) is 12.2 Å². The van der Waals surface area contributed by atoms with Crippen LogP contribution in [0.5, 0.6) is 0 Å². The molecule has 2 bridgehead atoms. The summed E-state index contributed by atoms with van der Waals surface area (Å²) in [6.07, 6.45) is 11.5. The van der Waals surface area contributed by atoms with E-state index >= 15 is 0 Å². The minimum absolute atomic E-state index is 0.894. The molecule has 16 heavy (non-hydrogen) atoms. The lowest BCUT2D eigenvalue weighted by Gasteiger charge is -2.18. The van der Waals surface area contributed by atoms with Crippen LogP contribution in [0.4, 0.5) is 0 Å². The van der Waals surface area contributed by atoms with Crippen LogP contribution >= 0.6 is 0 Å². The highest BCUT2D eigenvalue weighted by Gasteiger charge is 2.34. The molecule has 0 radical (unpaired) electrons. The normalized spacial score (nSPS) is 31.4. The van der Waals surface area contributed by atoms with Crippen LogP contribution in [-0.2, 0) is 4.74 Å². The van der Waals surface area contributed by atoms with Crippen LogP contribution in [-0.4, -0.2) is 26.8 Å². The van der Waals surface area contributed by atoms with Crippen molar-refractivity contribution in [2.75, 3.05) is 26.8 Å². The number of rotatable bonds is 8. The summed E-state index contributed by atoms with van der Waals surface area (Å²) in [4.78, 5) is 0. The van der Waals surface area contributed by atoms with E-state index in [1.54, 1.807) is 7.11 Å². The number of unbranched alkanes of at least 4 members (excludes halogenated alkanes) is 2. The fourth-order valence-electron chi connectivity index (χ4n) is 3.09. The first kappa shape index (κ1) is 12.1. The first-order chi connectivity index (χ1) is 7.90. The van der Waals surface area contributed by atoms with Crippen molar-refractivity contribution < 1.29 is 4.74 Å². The maximum absolute atomic E-state index is 5.04. The van der Waals surface area contributed by atoms with Crippen molar-refractivity contribution in [3.05, 3.63) is 12.2 Å². The van der Waals surface area contributed by atoms with Crippen LogP contribution in [0.25, 0.3) is 0 Å². The lowest BCUT2D eigenvalue weighted by atomic mass is 9.93. The molecule has 0 aromatic carbocycles. The molecule has 2 aliphatic carbocycles. The van der Waals surface area contributed by atoms with Crippen LogP contribution in [0.3, 0.4) is 0 Å². The van der Waals surface area contributed by atoms with E-state index in [9.17, 15) is 0 Å². The second-order valence-electron chi connectivity index (χ2n) is 5.30. The maximum atomic E-state index is 5.04. The van der Waals surface area contributed by atoms with Crippen LogP contribution in [0.1, 0.15) is 32.1 Å². The molecule has 2 nitrogen and oxygen atoms in total. The molecule has 0 amide bonds. The van der Waals surface area contributed by atoms with Crippen LogP contribution in [0.15, 0.2) is 12.2 Å². The summed E-state index contributed by atoms with van der Waals surface area (Å²) in [6.45, 7) is 3.33. The fourth-order valence-corrected chi connectivity index (χ4v) is 3.09. The highest BCUT2D eigenvalue weighted by molar-refractivity contribution is 5.10. The molecule has 3 atom stereocenters. The second-order valence-corrected chi connectivity index (χ2v) is 5.30. The van der Waals surface area contributed by atoms with Gasteiger partial charge in [0.05, 0.1) is 0 Å². The average Bonchev–Trinajstić information content (AvgIpc) is 2.90. The van der Waals surface area contributed by atoms with E-state index in [-0.39, 0.29) is 0 Å². The summed E-state index contributed by atoms with van der Waals surface area (Å²) in [6, 6.07) is 0. The molecule has 92 valence electrons. The van der Waals surface area contributed by atoms with E-state index in [1.807, 2.05) is 0 Å². The lowest BCUT2D eigenvalue weighted by molar-refractivity contribution is 0.192. The molecule has 0 aliphatic heterocycles. The predicted octanol–water partition coefficient (Wildman–Crippen LogP) is 2.60. The molecule has 3 unspecified atom stereocenters. The van der Waals surface area contributed by atoms with Gasteiger partial charge in [-0.05, 0) is 62.9 Å². The largest absolute Gasteiger partial charge is 0.385 e. The molecule has 1 saturated carbocycles. The number of methoxy groups -OCH3 is 1. The summed E-state index contributed by atoms with van der Waals surface area (Å²) in [5.74, 6) is 2.73. The van der Waals surface area contributed by atoms with Crippen molar-refractivity contribution in [2.45, 2.75) is 32.1 Å². The minimum atomic E-state index is 0.894. The highest BCUT2D eigenvalue weighted by Crippen LogP contribution is 2.42. The van der Waals surface area contributed by atoms with Gasteiger partial charge in [0, 0.05) is 13.7 Å². The summed E-state index contributed by atoms with van der Waals surface area (Å²) >= 11 is 0. The summed E-state index contributed by atoms with van der Waals surface area (Å²) in [5.41, 5.74) is 0. The van der Waals surface area contributed by atoms with Gasteiger partial charge in [-0.2, -0.15) is 0 Å². The second kappa shape index (κ2) is 6.41. The number of nitrogens with one attached hydrogen (secondary N) is 1. The third-order valence-corrected chi connectivity index (χ3v) is 4.02. The molecule has 2 rings (SSSR count). The maximum Gasteiger partial charge on any atom is 0.0462 e. The van der Waals surface area contributed by atoms with Crippen molar-refractivity contribution in [2.24, 2.45) is 17.8 Å². The number of fused-ring (bicyclic) bond motifs is 2. The van der Waals surface area contributed by atoms with Crippen LogP contribution in [0, 0.1) is 17.8 Å². The summed E-state index contributed by atoms with van der Waals surface area (Å²) in [7, 11) is 1.78. The molecule has 0 saturated heterocycles. The van der Waals surface area contributed by atoms with Crippen molar-refractivity contribution in [3.63, 3.8) is 0 Å². The minimum Gasteiger partial charge on any atom is -0.385 e. The van der Waals surface area contributed by atoms with Gasteiger partial charge in [0.2, 0.25) is 0 Å². The zero-order chi connectivity index (χ0) is 11.2. The Morgan fingerprint density at radius 1 is 1.19 bits per heavy atom. The molecule has 2 heteroatoms. The van der Waals surface area contributed by atoms with E-state index in [4.69, 9.17) is 4.74 Å². The zero-order valence-electron chi connectivity index (χ0n) is 10.5. The molecular weight excluding hydrogens is 198 g/mol. The SMILES string of the molecule is COCCCCCNCC1CC2C=CC1C2. The van der Waals surface area contributed by atoms with Gasteiger partial charge >= 0.3 is 0 Å². The van der Waals surface area contributed by atoms with Gasteiger partial charge < -0.3 is 10.1 Å². The Bertz CT molecular complexity index is 227. The van der Waals surface area contributed by atoms with Crippen molar-refractivity contribution >= 4 is 0 Å². The number of allylic oxidation sites excluding steroid dienone is 2. The Morgan fingerprint density at radius 2 is 2.12 bits per heavy atom. The Labute approximate surface area is 99.4 Å². The first-order valence-electron chi connectivity index (χ1n) is 6.78. The van der Waals surface area contributed by atoms with E-state index in [1.165, 1.54) is 45.2 Å². The molecule has 1 N–H and O–H groups in total. The molecule has 0 aromatic rings. The topological polar surface area (TPSA) is 21.3 Å². The van der Waals surface area contributed by atoms with Gasteiger partial charge in [0.25, 0.3) is 0 Å². The number of ether oxygens (including phenoxy) is 1. The smallest absolute Gasteiger partial charge is 0.0462 e. The van der Waals surface area contributed by atoms with Crippen molar-refractivity contribution in [3.8, 4) is 0 Å². The van der Waals surface area contributed by atoms with Gasteiger partial charge in [-0.15, -0.1) is 0 Å². The van der Waals surface area contributed by atoms with Gasteiger partial charge in [-0.25, -0.2) is 0 Å². The van der Waals surface area contributed by atoms with Crippen molar-refractivity contribution in [1.82, 2.24) is 5.32 Å². The first-order valence-corrected chi connectivity index (χ1v) is 6.78. The molecule has 1 fully saturated rings. The van der Waals surface area contributed by atoms with E-state index in [0.29, 0.717) is 0 Å². The van der Waals surface area contributed by atoms with E-state index in [2.05, 4.69) is 17.5 Å². The third kappa shape index (κ3) is 3.33. The molecular formula is C14H25NO. The summed E-state index contributed by atoms with van der Waals surface area (Å²) < 4.78 is 5.04. The standard InChI is InChI=1S/C14H25NO/c1-16-8-4-2-3-7-15-11-14-10-12-5-6-13(14)9-12/h5-6,12-15H,2-4,7-11H2,1H3. The van der Waals surface area contributed by atoms with Gasteiger partial charge in [0.15, 0.2) is 0 Å². The van der Waals surface area contributed by atoms with E-state index < -0.39 is 0 Å². The Hall–Kier alpha value is -0.340. The third-order valence-electron chi connectivity index (χ3n) is 4.02. The Balaban J connectivity index is 1.45. The molecule has 0 aromatic heterocycles. The molecule has 0 heterocycles. The van der Waals surface area contributed by atoms with Gasteiger partial charge in [-0.3, -0.25) is 0 Å². The highest BCUT2D eigenvalue weighted by atomic mass is 16.5. The predicted molar refractivity (Wildman–Crippen MR) is 67.4 cm³/mol. The number of hydrogen-bond acceptors (Lipinski definition) is 2. The van der Waals surface area contributed by atoms with E-state index in [0.717, 1.165) is 24.4 Å². The zero-order valence-corrected chi connectivity index (χ0v) is 10.5. The monoisotopic (exact) mass is 223 g/mol. The van der Waals surface area contributed by atoms with Crippen LogP contribution < -0.4 is 5.32 Å². The lowest BCUT2D eigenvalue weighted by Crippen LogP contribution is -2.26. The number of hydrogen-bond donors (Lipinski definition) is 1. The van der Waals surface area contributed by atoms with Crippen LogP contribution in [0.2, 0.25) is 0 Å². The Kier molecular flexibility index (Phi) is 4.86. The quantitative estimate of drug-likeness (QED) is 0.504.